The van der Waals surface area contributed by atoms with Gasteiger partial charge < -0.3 is 20.3 Å². The van der Waals surface area contributed by atoms with E-state index in [1.54, 1.807) is 7.11 Å². The number of hydrogen-bond acceptors (Lipinski definition) is 5. The van der Waals surface area contributed by atoms with Gasteiger partial charge in [-0.2, -0.15) is 0 Å². The Morgan fingerprint density at radius 2 is 2.07 bits per heavy atom. The summed E-state index contributed by atoms with van der Waals surface area (Å²) in [5, 5.41) is 27.3. The molecule has 0 amide bonds. The molecular weight excluding hydrogens is 376 g/mol. The van der Waals surface area contributed by atoms with E-state index in [-0.39, 0.29) is 12.1 Å². The lowest BCUT2D eigenvalue weighted by Crippen LogP contribution is -2.76. The molecule has 3 N–H and O–H groups in total. The van der Waals surface area contributed by atoms with Crippen LogP contribution in [0.1, 0.15) is 57.1 Å². The lowest BCUT2D eigenvalue weighted by atomic mass is 9.48. The number of aliphatic hydroxyl groups excluding tert-OH is 1. The van der Waals surface area contributed by atoms with Crippen LogP contribution >= 0.6 is 0 Å². The van der Waals surface area contributed by atoms with Gasteiger partial charge >= 0.3 is 0 Å². The van der Waals surface area contributed by atoms with Gasteiger partial charge in [-0.05, 0) is 86.7 Å². The Kier molecular flexibility index (Phi) is 5.17. The van der Waals surface area contributed by atoms with E-state index in [1.807, 2.05) is 6.07 Å². The molecule has 1 heterocycles. The largest absolute Gasteiger partial charge is 0.497 e. The average Bonchev–Trinajstić information content (AvgIpc) is 3.53. The molecule has 4 aliphatic rings. The SMILES string of the molecule is COc1ccc2c(c1)C13CCN(CC4CC4)[C@H](C2)[C@]1(O)C[C@@H](NCC(C)C)[C@H](O)C3. The van der Waals surface area contributed by atoms with Gasteiger partial charge in [0.2, 0.25) is 0 Å². The van der Waals surface area contributed by atoms with Gasteiger partial charge in [0.25, 0.3) is 0 Å². The number of nitrogens with one attached hydrogen (secondary N) is 1. The van der Waals surface area contributed by atoms with Crippen LogP contribution in [0.3, 0.4) is 0 Å². The highest BCUT2D eigenvalue weighted by Gasteiger charge is 2.66. The third-order valence-corrected chi connectivity index (χ3v) is 8.42. The highest BCUT2D eigenvalue weighted by molar-refractivity contribution is 5.49. The Hall–Kier alpha value is -1.14. The molecule has 3 aliphatic carbocycles. The van der Waals surface area contributed by atoms with Crippen LogP contribution in [0.4, 0.5) is 0 Å². The van der Waals surface area contributed by atoms with Gasteiger partial charge in [0.05, 0.1) is 18.8 Å². The number of ether oxygens (including phenoxy) is 1. The molecule has 1 saturated heterocycles. The lowest BCUT2D eigenvalue weighted by molar-refractivity contribution is -0.190. The van der Waals surface area contributed by atoms with E-state index < -0.39 is 17.1 Å². The van der Waals surface area contributed by atoms with E-state index in [0.29, 0.717) is 18.8 Å². The zero-order valence-corrected chi connectivity index (χ0v) is 18.7. The molecule has 30 heavy (non-hydrogen) atoms. The van der Waals surface area contributed by atoms with Crippen molar-refractivity contribution in [1.82, 2.24) is 10.2 Å². The number of nitrogens with zero attached hydrogens (tertiary/aromatic N) is 1. The molecule has 1 unspecified atom stereocenters. The number of likely N-dealkylation sites (tertiary alicyclic amines) is 1. The molecular formula is C25H38N2O3. The van der Waals surface area contributed by atoms with Crippen LogP contribution in [0.25, 0.3) is 0 Å². The minimum absolute atomic E-state index is 0.0546. The quantitative estimate of drug-likeness (QED) is 0.667. The number of benzene rings is 1. The van der Waals surface area contributed by atoms with Gasteiger partial charge in [-0.1, -0.05) is 19.9 Å². The zero-order valence-electron chi connectivity index (χ0n) is 18.7. The van der Waals surface area contributed by atoms with Gasteiger partial charge in [-0.15, -0.1) is 0 Å². The molecule has 5 rings (SSSR count). The van der Waals surface area contributed by atoms with Crippen LogP contribution in [0, 0.1) is 11.8 Å². The standard InChI is InChI=1S/C25H38N2O3/c1-16(2)14-26-21-12-25(29)23-10-18-6-7-19(30-3)11-20(18)24(25,13-22(21)28)8-9-27(23)15-17-4-5-17/h6-7,11,16-17,21-23,26,28-29H,4-5,8-10,12-15H2,1-3H3/t21-,22-,23-,24?,25-/m1/s1. The molecule has 5 nitrogen and oxygen atoms in total. The van der Waals surface area contributed by atoms with Gasteiger partial charge in [0.1, 0.15) is 5.75 Å². The van der Waals surface area contributed by atoms with Crippen LogP contribution in [0.2, 0.25) is 0 Å². The molecule has 1 aliphatic heterocycles. The number of hydrogen-bond donors (Lipinski definition) is 3. The minimum Gasteiger partial charge on any atom is -0.497 e. The molecule has 1 aromatic carbocycles. The second kappa shape index (κ2) is 7.47. The normalized spacial score (nSPS) is 38.3. The maximum atomic E-state index is 12.5. The van der Waals surface area contributed by atoms with Crippen molar-refractivity contribution < 1.29 is 14.9 Å². The molecule has 0 radical (unpaired) electrons. The monoisotopic (exact) mass is 414 g/mol. The molecule has 2 saturated carbocycles. The summed E-state index contributed by atoms with van der Waals surface area (Å²) in [7, 11) is 1.71. The molecule has 5 atom stereocenters. The van der Waals surface area contributed by atoms with E-state index in [9.17, 15) is 10.2 Å². The number of piperidine rings is 1. The summed E-state index contributed by atoms with van der Waals surface area (Å²) in [6, 6.07) is 6.46. The van der Waals surface area contributed by atoms with Crippen LogP contribution in [0.15, 0.2) is 18.2 Å². The van der Waals surface area contributed by atoms with Crippen molar-refractivity contribution >= 4 is 0 Å². The zero-order chi connectivity index (χ0) is 21.1. The Morgan fingerprint density at radius 1 is 1.27 bits per heavy atom. The highest BCUT2D eigenvalue weighted by atomic mass is 16.5. The topological polar surface area (TPSA) is 65.0 Å². The van der Waals surface area contributed by atoms with Gasteiger partial charge in [0, 0.05) is 24.0 Å². The molecule has 166 valence electrons. The van der Waals surface area contributed by atoms with E-state index in [2.05, 4.69) is 36.2 Å². The Bertz CT molecular complexity index is 795. The molecule has 1 aromatic rings. The minimum atomic E-state index is -0.826. The lowest BCUT2D eigenvalue weighted by Gasteiger charge is -2.65. The number of rotatable bonds is 6. The summed E-state index contributed by atoms with van der Waals surface area (Å²) in [4.78, 5) is 2.58. The fourth-order valence-corrected chi connectivity index (χ4v) is 6.64. The number of methoxy groups -OCH3 is 1. The van der Waals surface area contributed by atoms with Crippen molar-refractivity contribution in [2.75, 3.05) is 26.7 Å². The Morgan fingerprint density at radius 3 is 2.77 bits per heavy atom. The first-order valence-electron chi connectivity index (χ1n) is 11.9. The first-order chi connectivity index (χ1) is 14.4. The maximum Gasteiger partial charge on any atom is 0.119 e. The van der Waals surface area contributed by atoms with Gasteiger partial charge in [0.15, 0.2) is 0 Å². The Labute approximate surface area is 180 Å². The molecule has 2 bridgehead atoms. The van der Waals surface area contributed by atoms with Crippen molar-refractivity contribution in [2.45, 2.75) is 81.6 Å². The van der Waals surface area contributed by atoms with Crippen molar-refractivity contribution in [3.05, 3.63) is 29.3 Å². The summed E-state index contributed by atoms with van der Waals surface area (Å²) in [6.07, 6.45) is 5.24. The molecule has 0 aromatic heterocycles. The predicted octanol–water partition coefficient (Wildman–Crippen LogP) is 2.47. The van der Waals surface area contributed by atoms with E-state index in [1.165, 1.54) is 24.0 Å². The maximum absolute atomic E-state index is 12.5. The van der Waals surface area contributed by atoms with E-state index in [4.69, 9.17) is 4.74 Å². The van der Waals surface area contributed by atoms with E-state index in [0.717, 1.165) is 44.1 Å². The van der Waals surface area contributed by atoms with Crippen LogP contribution in [-0.2, 0) is 11.8 Å². The summed E-state index contributed by atoms with van der Waals surface area (Å²) >= 11 is 0. The fraction of sp³-hybridized carbons (Fsp3) is 0.760. The van der Waals surface area contributed by atoms with Gasteiger partial charge in [-0.3, -0.25) is 4.90 Å². The summed E-state index contributed by atoms with van der Waals surface area (Å²) in [5.41, 5.74) is 1.32. The third kappa shape index (κ3) is 3.21. The molecule has 0 spiro atoms. The summed E-state index contributed by atoms with van der Waals surface area (Å²) in [5.74, 6) is 2.17. The van der Waals surface area contributed by atoms with Crippen molar-refractivity contribution in [3.8, 4) is 5.75 Å². The van der Waals surface area contributed by atoms with Crippen molar-refractivity contribution in [3.63, 3.8) is 0 Å². The average molecular weight is 415 g/mol. The summed E-state index contributed by atoms with van der Waals surface area (Å²) in [6.45, 7) is 7.37. The van der Waals surface area contributed by atoms with Crippen LogP contribution in [-0.4, -0.2) is 65.6 Å². The molecule has 5 heteroatoms. The fourth-order valence-electron chi connectivity index (χ4n) is 6.64. The summed E-state index contributed by atoms with van der Waals surface area (Å²) < 4.78 is 5.56. The highest BCUT2D eigenvalue weighted by Crippen LogP contribution is 2.59. The first kappa shape index (κ1) is 20.7. The smallest absolute Gasteiger partial charge is 0.119 e. The number of fused-ring (bicyclic) bond motifs is 1. The number of aliphatic hydroxyl groups is 2. The van der Waals surface area contributed by atoms with Gasteiger partial charge in [-0.25, -0.2) is 0 Å². The Balaban J connectivity index is 1.55. The van der Waals surface area contributed by atoms with Crippen molar-refractivity contribution in [1.29, 1.82) is 0 Å². The second-order valence-electron chi connectivity index (χ2n) is 10.8. The van der Waals surface area contributed by atoms with Crippen LogP contribution < -0.4 is 10.1 Å². The first-order valence-corrected chi connectivity index (χ1v) is 11.9. The second-order valence-corrected chi connectivity index (χ2v) is 10.8. The van der Waals surface area contributed by atoms with E-state index >= 15 is 0 Å². The predicted molar refractivity (Wildman–Crippen MR) is 118 cm³/mol. The molecule has 3 fully saturated rings. The van der Waals surface area contributed by atoms with Crippen LogP contribution in [0.5, 0.6) is 5.75 Å². The third-order valence-electron chi connectivity index (χ3n) is 8.42. The van der Waals surface area contributed by atoms with Crippen molar-refractivity contribution in [2.24, 2.45) is 11.8 Å².